The van der Waals surface area contributed by atoms with Crippen LogP contribution in [0.2, 0.25) is 0 Å². The Labute approximate surface area is 203 Å². The molecule has 0 saturated heterocycles. The fourth-order valence-corrected chi connectivity index (χ4v) is 3.25. The summed E-state index contributed by atoms with van der Waals surface area (Å²) in [5.74, 6) is -0.488. The maximum absolute atomic E-state index is 13.1. The lowest BCUT2D eigenvalue weighted by Gasteiger charge is -2.23. The largest absolute Gasteiger partial charge is 0.497 e. The molecule has 3 amide bonds. The fraction of sp³-hybridized carbons (Fsp3) is 0.231. The number of pyridine rings is 1. The normalized spacial score (nSPS) is 10.4. The number of halogens is 1. The minimum absolute atomic E-state index is 0.0711. The van der Waals surface area contributed by atoms with Crippen LogP contribution in [0.25, 0.3) is 0 Å². The van der Waals surface area contributed by atoms with Gasteiger partial charge in [-0.3, -0.25) is 14.4 Å². The maximum atomic E-state index is 13.1. The molecule has 2 aromatic carbocycles. The van der Waals surface area contributed by atoms with E-state index in [0.29, 0.717) is 17.3 Å². The quantitative estimate of drug-likeness (QED) is 0.464. The van der Waals surface area contributed by atoms with Crippen LogP contribution in [0.4, 0.5) is 15.9 Å². The van der Waals surface area contributed by atoms with Gasteiger partial charge in [-0.15, -0.1) is 0 Å². The van der Waals surface area contributed by atoms with Crippen molar-refractivity contribution >= 4 is 29.2 Å². The Balaban J connectivity index is 1.63. The highest BCUT2D eigenvalue weighted by Gasteiger charge is 2.20. The van der Waals surface area contributed by atoms with E-state index in [4.69, 9.17) is 4.74 Å². The molecule has 2 N–H and O–H groups in total. The summed E-state index contributed by atoms with van der Waals surface area (Å²) in [5, 5.41) is 5.40. The van der Waals surface area contributed by atoms with E-state index in [1.165, 1.54) is 24.1 Å². The molecule has 9 heteroatoms. The maximum Gasteiger partial charge on any atom is 0.240 e. The average Bonchev–Trinajstić information content (AvgIpc) is 2.85. The van der Waals surface area contributed by atoms with Crippen molar-refractivity contribution in [3.05, 3.63) is 83.8 Å². The predicted molar refractivity (Wildman–Crippen MR) is 130 cm³/mol. The Morgan fingerprint density at radius 1 is 0.971 bits per heavy atom. The van der Waals surface area contributed by atoms with E-state index in [0.717, 1.165) is 11.1 Å². The minimum atomic E-state index is -0.396. The van der Waals surface area contributed by atoms with Gasteiger partial charge in [0.15, 0.2) is 0 Å². The zero-order valence-corrected chi connectivity index (χ0v) is 19.6. The van der Waals surface area contributed by atoms with Crippen molar-refractivity contribution in [1.82, 2.24) is 10.3 Å². The Bertz CT molecular complexity index is 1170. The van der Waals surface area contributed by atoms with Gasteiger partial charge < -0.3 is 20.3 Å². The zero-order chi connectivity index (χ0) is 25.2. The number of anilines is 2. The summed E-state index contributed by atoms with van der Waals surface area (Å²) in [4.78, 5) is 43.4. The van der Waals surface area contributed by atoms with Gasteiger partial charge in [0.05, 0.1) is 7.11 Å². The fourth-order valence-electron chi connectivity index (χ4n) is 3.25. The molecule has 0 aliphatic heterocycles. The minimum Gasteiger partial charge on any atom is -0.497 e. The van der Waals surface area contributed by atoms with E-state index in [1.54, 1.807) is 48.7 Å². The molecular formula is C26H27FN4O4. The Hall–Kier alpha value is -4.27. The van der Waals surface area contributed by atoms with Crippen molar-refractivity contribution in [3.8, 4) is 5.75 Å². The molecule has 0 spiro atoms. The molecule has 0 radical (unpaired) electrons. The second-order valence-corrected chi connectivity index (χ2v) is 7.85. The van der Waals surface area contributed by atoms with Crippen molar-refractivity contribution in [1.29, 1.82) is 0 Å². The van der Waals surface area contributed by atoms with Gasteiger partial charge in [-0.2, -0.15) is 0 Å². The van der Waals surface area contributed by atoms with E-state index < -0.39 is 5.91 Å². The number of nitrogens with one attached hydrogen (secondary N) is 2. The number of carbonyl (C=O) groups excluding carboxylic acids is 3. The number of carbonyl (C=O) groups is 3. The molecule has 0 aliphatic carbocycles. The summed E-state index contributed by atoms with van der Waals surface area (Å²) in [5.41, 5.74) is 2.17. The molecule has 8 nitrogen and oxygen atoms in total. The molecule has 0 unspecified atom stereocenters. The first-order valence-electron chi connectivity index (χ1n) is 11.0. The molecule has 0 bridgehead atoms. The number of aromatic nitrogens is 1. The van der Waals surface area contributed by atoms with E-state index >= 15 is 0 Å². The molecule has 1 aromatic heterocycles. The first-order chi connectivity index (χ1) is 16.8. The van der Waals surface area contributed by atoms with Crippen LogP contribution in [0.15, 0.2) is 66.9 Å². The second-order valence-electron chi connectivity index (χ2n) is 7.85. The van der Waals surface area contributed by atoms with Gasteiger partial charge in [-0.1, -0.05) is 12.1 Å². The summed E-state index contributed by atoms with van der Waals surface area (Å²) in [6, 6.07) is 16.0. The third-order valence-corrected chi connectivity index (χ3v) is 5.14. The standard InChI is InChI=1S/C26H27FN4O4/c1-18-13-14-28-23(15-18)30-24(32)11-12-26(34)31(21-7-9-22(35-2)10-8-21)17-25(33)29-16-19-3-5-20(27)6-4-19/h3-10,13-15H,11-12,16-17H2,1-2H3,(H,29,33)(H,28,30,32). The summed E-state index contributed by atoms with van der Waals surface area (Å²) >= 11 is 0. The Kier molecular flexibility index (Phi) is 8.89. The molecule has 3 rings (SSSR count). The third-order valence-electron chi connectivity index (χ3n) is 5.14. The number of hydrogen-bond donors (Lipinski definition) is 2. The first kappa shape index (κ1) is 25.4. The predicted octanol–water partition coefficient (Wildman–Crippen LogP) is 3.61. The number of rotatable bonds is 10. The number of ether oxygens (including phenoxy) is 1. The van der Waals surface area contributed by atoms with Crippen molar-refractivity contribution < 1.29 is 23.5 Å². The summed E-state index contributed by atoms with van der Waals surface area (Å²) in [6.07, 6.45) is 1.42. The van der Waals surface area contributed by atoms with Gasteiger partial charge in [0.25, 0.3) is 0 Å². The van der Waals surface area contributed by atoms with Crippen molar-refractivity contribution in [2.75, 3.05) is 23.9 Å². The average molecular weight is 479 g/mol. The van der Waals surface area contributed by atoms with Crippen LogP contribution in [-0.2, 0) is 20.9 Å². The highest BCUT2D eigenvalue weighted by atomic mass is 19.1. The van der Waals surface area contributed by atoms with E-state index in [9.17, 15) is 18.8 Å². The van der Waals surface area contributed by atoms with Crippen LogP contribution in [-0.4, -0.2) is 36.4 Å². The van der Waals surface area contributed by atoms with Crippen molar-refractivity contribution in [3.63, 3.8) is 0 Å². The Morgan fingerprint density at radius 2 is 1.69 bits per heavy atom. The van der Waals surface area contributed by atoms with E-state index in [2.05, 4.69) is 15.6 Å². The van der Waals surface area contributed by atoms with Crippen LogP contribution in [0.3, 0.4) is 0 Å². The smallest absolute Gasteiger partial charge is 0.240 e. The zero-order valence-electron chi connectivity index (χ0n) is 19.6. The lowest BCUT2D eigenvalue weighted by Crippen LogP contribution is -2.41. The number of hydrogen-bond acceptors (Lipinski definition) is 5. The molecule has 0 atom stereocenters. The molecule has 1 heterocycles. The van der Waals surface area contributed by atoms with Crippen LogP contribution in [0.1, 0.15) is 24.0 Å². The van der Waals surface area contributed by atoms with Crippen molar-refractivity contribution in [2.45, 2.75) is 26.3 Å². The lowest BCUT2D eigenvalue weighted by molar-refractivity contribution is -0.125. The Morgan fingerprint density at radius 3 is 2.34 bits per heavy atom. The van der Waals surface area contributed by atoms with Gasteiger partial charge in [0.1, 0.15) is 23.9 Å². The summed E-state index contributed by atoms with van der Waals surface area (Å²) < 4.78 is 18.2. The highest BCUT2D eigenvalue weighted by Crippen LogP contribution is 2.20. The molecule has 35 heavy (non-hydrogen) atoms. The second kappa shape index (κ2) is 12.3. The van der Waals surface area contributed by atoms with E-state index in [-0.39, 0.29) is 43.6 Å². The number of benzene rings is 2. The highest BCUT2D eigenvalue weighted by molar-refractivity contribution is 6.01. The molecular weight excluding hydrogens is 451 g/mol. The molecule has 182 valence electrons. The van der Waals surface area contributed by atoms with Crippen molar-refractivity contribution in [2.24, 2.45) is 0 Å². The first-order valence-corrected chi connectivity index (χ1v) is 11.0. The molecule has 3 aromatic rings. The topological polar surface area (TPSA) is 101 Å². The number of methoxy groups -OCH3 is 1. The van der Waals surface area contributed by atoms with Gasteiger partial charge in [-0.05, 0) is 66.6 Å². The van der Waals surface area contributed by atoms with Gasteiger partial charge in [0, 0.05) is 31.3 Å². The summed E-state index contributed by atoms with van der Waals surface area (Å²) in [7, 11) is 1.53. The number of aryl methyl sites for hydroxylation is 1. The molecule has 0 aliphatic rings. The van der Waals surface area contributed by atoms with Gasteiger partial charge in [0.2, 0.25) is 17.7 Å². The molecule has 0 saturated carbocycles. The third kappa shape index (κ3) is 7.92. The monoisotopic (exact) mass is 478 g/mol. The van der Waals surface area contributed by atoms with Gasteiger partial charge >= 0.3 is 0 Å². The van der Waals surface area contributed by atoms with Crippen LogP contribution >= 0.6 is 0 Å². The SMILES string of the molecule is COc1ccc(N(CC(=O)NCc2ccc(F)cc2)C(=O)CCC(=O)Nc2cc(C)ccn2)cc1. The number of amides is 3. The van der Waals surface area contributed by atoms with Crippen LogP contribution < -0.4 is 20.3 Å². The van der Waals surface area contributed by atoms with Crippen LogP contribution in [0, 0.1) is 12.7 Å². The lowest BCUT2D eigenvalue weighted by atomic mass is 10.2. The van der Waals surface area contributed by atoms with Gasteiger partial charge in [-0.25, -0.2) is 9.37 Å². The van der Waals surface area contributed by atoms with Crippen LogP contribution in [0.5, 0.6) is 5.75 Å². The summed E-state index contributed by atoms with van der Waals surface area (Å²) in [6.45, 7) is 1.83. The molecule has 0 fully saturated rings. The number of nitrogens with zero attached hydrogens (tertiary/aromatic N) is 2. The van der Waals surface area contributed by atoms with E-state index in [1.807, 2.05) is 13.0 Å².